The summed E-state index contributed by atoms with van der Waals surface area (Å²) in [5.74, 6) is -0.559. The average molecular weight is 246 g/mol. The summed E-state index contributed by atoms with van der Waals surface area (Å²) in [7, 11) is 0. The monoisotopic (exact) mass is 246 g/mol. The van der Waals surface area contributed by atoms with Crippen LogP contribution in [0.3, 0.4) is 0 Å². The number of hydrogen-bond donors (Lipinski definition) is 2. The van der Waals surface area contributed by atoms with Gasteiger partial charge in [-0.3, -0.25) is 4.79 Å². The van der Waals surface area contributed by atoms with Gasteiger partial charge in [0.05, 0.1) is 34.9 Å². The number of amides is 1. The molecule has 2 aromatic heterocycles. The second kappa shape index (κ2) is 4.19. The predicted molar refractivity (Wildman–Crippen MR) is 64.9 cm³/mol. The molecule has 0 bridgehead atoms. The Morgan fingerprint density at radius 3 is 2.56 bits per heavy atom. The Morgan fingerprint density at radius 2 is 2.11 bits per heavy atom. The van der Waals surface area contributed by atoms with Gasteiger partial charge in [0, 0.05) is 6.20 Å². The van der Waals surface area contributed by atoms with Gasteiger partial charge in [0.25, 0.3) is 5.91 Å². The van der Waals surface area contributed by atoms with Crippen LogP contribution in [0.5, 0.6) is 0 Å². The van der Waals surface area contributed by atoms with Crippen LogP contribution in [-0.4, -0.2) is 25.9 Å². The summed E-state index contributed by atoms with van der Waals surface area (Å²) in [4.78, 5) is 11.4. The molecule has 7 heteroatoms. The summed E-state index contributed by atoms with van der Waals surface area (Å²) in [6, 6.07) is 1.72. The molecule has 2 rings (SSSR count). The molecular formula is C11H14N6O. The third kappa shape index (κ3) is 2.21. The fourth-order valence-corrected chi connectivity index (χ4v) is 1.58. The number of nitrogens with two attached hydrogens (primary N) is 2. The number of carbonyl (C=O) groups excluding carboxylic acids is 1. The third-order valence-corrected chi connectivity index (χ3v) is 2.42. The van der Waals surface area contributed by atoms with Crippen molar-refractivity contribution in [1.82, 2.24) is 20.0 Å². The Hall–Kier alpha value is -2.28. The molecule has 2 heterocycles. The molecular weight excluding hydrogens is 232 g/mol. The molecule has 4 N–H and O–H groups in total. The molecule has 0 spiro atoms. The van der Waals surface area contributed by atoms with Crippen molar-refractivity contribution in [3.8, 4) is 5.69 Å². The Bertz CT molecular complexity index is 569. The molecule has 0 aromatic carbocycles. The van der Waals surface area contributed by atoms with Crippen LogP contribution in [0, 0.1) is 0 Å². The number of carbonyl (C=O) groups is 1. The highest BCUT2D eigenvalue weighted by atomic mass is 16.1. The van der Waals surface area contributed by atoms with Crippen molar-refractivity contribution >= 4 is 5.91 Å². The maximum absolute atomic E-state index is 11.4. The molecule has 94 valence electrons. The van der Waals surface area contributed by atoms with E-state index in [1.54, 1.807) is 26.1 Å². The van der Waals surface area contributed by atoms with Gasteiger partial charge in [-0.15, -0.1) is 0 Å². The molecule has 0 aliphatic heterocycles. The van der Waals surface area contributed by atoms with Crippen LogP contribution in [-0.2, 0) is 5.54 Å². The van der Waals surface area contributed by atoms with Crippen molar-refractivity contribution < 1.29 is 4.79 Å². The molecule has 7 nitrogen and oxygen atoms in total. The van der Waals surface area contributed by atoms with Gasteiger partial charge >= 0.3 is 0 Å². The van der Waals surface area contributed by atoms with Gasteiger partial charge in [-0.2, -0.15) is 15.3 Å². The first-order valence-corrected chi connectivity index (χ1v) is 5.35. The van der Waals surface area contributed by atoms with E-state index in [1.165, 1.54) is 17.1 Å². The summed E-state index contributed by atoms with van der Waals surface area (Å²) in [5, 5.41) is 11.7. The first-order chi connectivity index (χ1) is 8.39. The third-order valence-electron chi connectivity index (χ3n) is 2.42. The number of aromatic nitrogens is 4. The minimum atomic E-state index is -0.754. The van der Waals surface area contributed by atoms with Crippen molar-refractivity contribution in [1.29, 1.82) is 0 Å². The van der Waals surface area contributed by atoms with E-state index in [-0.39, 0.29) is 0 Å². The highest BCUT2D eigenvalue weighted by Crippen LogP contribution is 2.20. The van der Waals surface area contributed by atoms with Crippen LogP contribution in [0.2, 0.25) is 0 Å². The van der Waals surface area contributed by atoms with E-state index in [2.05, 4.69) is 15.3 Å². The molecule has 0 saturated heterocycles. The zero-order valence-electron chi connectivity index (χ0n) is 10.2. The molecule has 0 aliphatic carbocycles. The van der Waals surface area contributed by atoms with Crippen LogP contribution in [0.15, 0.2) is 24.7 Å². The van der Waals surface area contributed by atoms with Gasteiger partial charge in [0.1, 0.15) is 0 Å². The summed E-state index contributed by atoms with van der Waals surface area (Å²) < 4.78 is 1.51. The highest BCUT2D eigenvalue weighted by Gasteiger charge is 2.25. The van der Waals surface area contributed by atoms with Crippen molar-refractivity contribution in [2.75, 3.05) is 0 Å². The Morgan fingerprint density at radius 1 is 1.39 bits per heavy atom. The lowest BCUT2D eigenvalue weighted by Gasteiger charge is -2.16. The molecule has 0 aliphatic rings. The van der Waals surface area contributed by atoms with Gasteiger partial charge < -0.3 is 11.5 Å². The van der Waals surface area contributed by atoms with Crippen LogP contribution in [0.4, 0.5) is 0 Å². The lowest BCUT2D eigenvalue weighted by Crippen LogP contribution is -2.32. The number of primary amides is 1. The standard InChI is InChI=1S/C11H14N6O/c1-11(2,13)9-8(10(12)18)6-17(16-9)7-3-4-14-15-5-7/h3-6H,13H2,1-2H3,(H2,12,18). The molecule has 2 aromatic rings. The molecule has 1 amide bonds. The van der Waals surface area contributed by atoms with E-state index in [0.717, 1.165) is 0 Å². The zero-order valence-corrected chi connectivity index (χ0v) is 10.2. The largest absolute Gasteiger partial charge is 0.365 e. The molecule has 0 radical (unpaired) electrons. The molecule has 18 heavy (non-hydrogen) atoms. The summed E-state index contributed by atoms with van der Waals surface area (Å²) in [6.07, 6.45) is 4.61. The van der Waals surface area contributed by atoms with Gasteiger partial charge in [0.2, 0.25) is 0 Å². The van der Waals surface area contributed by atoms with Crippen LogP contribution >= 0.6 is 0 Å². The van der Waals surface area contributed by atoms with E-state index in [4.69, 9.17) is 11.5 Å². The van der Waals surface area contributed by atoms with Crippen molar-refractivity contribution in [3.05, 3.63) is 35.9 Å². The van der Waals surface area contributed by atoms with Crippen molar-refractivity contribution in [2.45, 2.75) is 19.4 Å². The summed E-state index contributed by atoms with van der Waals surface area (Å²) >= 11 is 0. The average Bonchev–Trinajstić information content (AvgIpc) is 2.74. The van der Waals surface area contributed by atoms with Crippen molar-refractivity contribution in [2.24, 2.45) is 11.5 Å². The summed E-state index contributed by atoms with van der Waals surface area (Å²) in [5.41, 5.74) is 12.0. The van der Waals surface area contributed by atoms with Crippen LogP contribution in [0.1, 0.15) is 29.9 Å². The van der Waals surface area contributed by atoms with Gasteiger partial charge in [0.15, 0.2) is 0 Å². The molecule has 0 unspecified atom stereocenters. The van der Waals surface area contributed by atoms with E-state index in [9.17, 15) is 4.79 Å². The normalized spacial score (nSPS) is 11.5. The quantitative estimate of drug-likeness (QED) is 0.788. The first kappa shape index (κ1) is 12.2. The zero-order chi connectivity index (χ0) is 13.3. The first-order valence-electron chi connectivity index (χ1n) is 5.35. The second-order valence-electron chi connectivity index (χ2n) is 4.52. The van der Waals surface area contributed by atoms with E-state index >= 15 is 0 Å². The second-order valence-corrected chi connectivity index (χ2v) is 4.52. The topological polar surface area (TPSA) is 113 Å². The SMILES string of the molecule is CC(C)(N)c1nn(-c2ccnnc2)cc1C(N)=O. The number of hydrogen-bond acceptors (Lipinski definition) is 5. The van der Waals surface area contributed by atoms with Gasteiger partial charge in [-0.25, -0.2) is 4.68 Å². The lowest BCUT2D eigenvalue weighted by atomic mass is 9.98. The molecule has 0 saturated carbocycles. The Kier molecular flexibility index (Phi) is 2.84. The van der Waals surface area contributed by atoms with Crippen molar-refractivity contribution in [3.63, 3.8) is 0 Å². The molecule has 0 atom stereocenters. The van der Waals surface area contributed by atoms with Gasteiger partial charge in [-0.05, 0) is 19.9 Å². The molecule has 0 fully saturated rings. The van der Waals surface area contributed by atoms with Crippen LogP contribution < -0.4 is 11.5 Å². The van der Waals surface area contributed by atoms with Crippen LogP contribution in [0.25, 0.3) is 5.69 Å². The number of rotatable bonds is 3. The predicted octanol–water partition coefficient (Wildman–Crippen LogP) is -0.0450. The lowest BCUT2D eigenvalue weighted by molar-refractivity contribution is 0.0998. The van der Waals surface area contributed by atoms with E-state index in [0.29, 0.717) is 16.9 Å². The Balaban J connectivity index is 2.57. The van der Waals surface area contributed by atoms with E-state index in [1.807, 2.05) is 0 Å². The maximum atomic E-state index is 11.4. The minimum Gasteiger partial charge on any atom is -0.365 e. The highest BCUT2D eigenvalue weighted by molar-refractivity contribution is 5.94. The number of nitrogens with zero attached hydrogens (tertiary/aromatic N) is 4. The summed E-state index contributed by atoms with van der Waals surface area (Å²) in [6.45, 7) is 3.52. The van der Waals surface area contributed by atoms with E-state index < -0.39 is 11.4 Å². The fraction of sp³-hybridized carbons (Fsp3) is 0.273. The Labute approximate surface area is 104 Å². The van der Waals surface area contributed by atoms with Gasteiger partial charge in [-0.1, -0.05) is 0 Å². The smallest absolute Gasteiger partial charge is 0.252 e. The maximum Gasteiger partial charge on any atom is 0.252 e. The fourth-order valence-electron chi connectivity index (χ4n) is 1.58. The minimum absolute atomic E-state index is 0.305.